The molecule has 0 bridgehead atoms. The van der Waals surface area contributed by atoms with Crippen LogP contribution in [0.4, 0.5) is 5.82 Å². The summed E-state index contributed by atoms with van der Waals surface area (Å²) in [5, 5.41) is 20.4. The zero-order chi connectivity index (χ0) is 19.4. The maximum atomic E-state index is 12.3. The number of primary sulfonamides is 1. The predicted molar refractivity (Wildman–Crippen MR) is 96.5 cm³/mol. The van der Waals surface area contributed by atoms with Crippen molar-refractivity contribution in [2.45, 2.75) is 43.2 Å². The van der Waals surface area contributed by atoms with Crippen molar-refractivity contribution in [3.63, 3.8) is 0 Å². The van der Waals surface area contributed by atoms with E-state index in [1.54, 1.807) is 4.90 Å². The number of hydrogen-bond donors (Lipinski definition) is 3. The van der Waals surface area contributed by atoms with E-state index in [9.17, 15) is 13.2 Å². The van der Waals surface area contributed by atoms with Crippen molar-refractivity contribution in [1.29, 1.82) is 5.26 Å². The fraction of sp³-hybridized carbons (Fsp3) is 0.562. The summed E-state index contributed by atoms with van der Waals surface area (Å²) >= 11 is 0. The second kappa shape index (κ2) is 7.99. The lowest BCUT2D eigenvalue weighted by Gasteiger charge is -2.28. The number of carbonyl (C=O) groups excluding carboxylic acids is 1. The number of sulfonamides is 1. The Labute approximate surface area is 153 Å². The Hall–Kier alpha value is -2.22. The number of nitriles is 1. The molecule has 142 valence electrons. The van der Waals surface area contributed by atoms with Crippen molar-refractivity contribution >= 4 is 21.7 Å². The molecule has 0 spiro atoms. The largest absolute Gasteiger partial charge is 0.368 e. The number of likely N-dealkylation sites (tertiary alicyclic amines) is 1. The molecule has 4 N–H and O–H groups in total. The van der Waals surface area contributed by atoms with Gasteiger partial charge in [-0.3, -0.25) is 4.79 Å². The van der Waals surface area contributed by atoms with Crippen LogP contribution < -0.4 is 15.8 Å². The van der Waals surface area contributed by atoms with Gasteiger partial charge in [0.15, 0.2) is 0 Å². The highest BCUT2D eigenvalue weighted by molar-refractivity contribution is 7.89. The minimum atomic E-state index is -3.76. The van der Waals surface area contributed by atoms with E-state index in [-0.39, 0.29) is 23.4 Å². The van der Waals surface area contributed by atoms with E-state index in [1.807, 2.05) is 13.8 Å². The summed E-state index contributed by atoms with van der Waals surface area (Å²) in [6, 6.07) is 4.74. The quantitative estimate of drug-likeness (QED) is 0.605. The normalized spacial score (nSPS) is 17.8. The first kappa shape index (κ1) is 20.1. The fourth-order valence-electron chi connectivity index (χ4n) is 2.64. The van der Waals surface area contributed by atoms with Gasteiger partial charge in [0.05, 0.1) is 12.6 Å². The van der Waals surface area contributed by atoms with Crippen LogP contribution in [0.2, 0.25) is 0 Å². The molecular weight excluding hydrogens is 356 g/mol. The van der Waals surface area contributed by atoms with Gasteiger partial charge in [-0.25, -0.2) is 18.5 Å². The molecule has 2 heterocycles. The summed E-state index contributed by atoms with van der Waals surface area (Å²) in [7, 11) is -3.76. The molecule has 26 heavy (non-hydrogen) atoms. The third kappa shape index (κ3) is 5.39. The van der Waals surface area contributed by atoms with Gasteiger partial charge >= 0.3 is 0 Å². The molecule has 1 saturated heterocycles. The van der Waals surface area contributed by atoms with Crippen LogP contribution in [0, 0.1) is 11.3 Å². The molecule has 1 aliphatic heterocycles. The van der Waals surface area contributed by atoms with Crippen molar-refractivity contribution in [2.75, 3.05) is 25.0 Å². The number of nitrogens with zero attached hydrogens (tertiary/aromatic N) is 3. The molecule has 10 heteroatoms. The molecule has 1 atom stereocenters. The van der Waals surface area contributed by atoms with Crippen molar-refractivity contribution in [2.24, 2.45) is 5.14 Å². The zero-order valence-corrected chi connectivity index (χ0v) is 15.7. The Kier molecular flexibility index (Phi) is 6.17. The summed E-state index contributed by atoms with van der Waals surface area (Å²) in [4.78, 5) is 17.9. The lowest BCUT2D eigenvalue weighted by atomic mass is 10.1. The van der Waals surface area contributed by atoms with Crippen LogP contribution in [-0.2, 0) is 14.8 Å². The molecule has 0 aromatic carbocycles. The van der Waals surface area contributed by atoms with Gasteiger partial charge in [-0.05, 0) is 38.8 Å². The van der Waals surface area contributed by atoms with Crippen molar-refractivity contribution in [3.05, 3.63) is 18.3 Å². The minimum absolute atomic E-state index is 0.0521. The maximum absolute atomic E-state index is 12.3. The Morgan fingerprint density at radius 3 is 2.81 bits per heavy atom. The highest BCUT2D eigenvalue weighted by atomic mass is 32.2. The van der Waals surface area contributed by atoms with Crippen LogP contribution in [0.5, 0.6) is 0 Å². The van der Waals surface area contributed by atoms with Gasteiger partial charge in [0.1, 0.15) is 16.8 Å². The molecule has 1 aromatic rings. The van der Waals surface area contributed by atoms with Gasteiger partial charge in [0.25, 0.3) is 0 Å². The molecule has 2 rings (SSSR count). The molecule has 1 aliphatic rings. The first-order valence-electron chi connectivity index (χ1n) is 8.29. The van der Waals surface area contributed by atoms with Crippen molar-refractivity contribution in [3.8, 4) is 6.07 Å². The average molecular weight is 380 g/mol. The summed E-state index contributed by atoms with van der Waals surface area (Å²) in [6.45, 7) is 5.08. The van der Waals surface area contributed by atoms with Gasteiger partial charge in [-0.15, -0.1) is 0 Å². The van der Waals surface area contributed by atoms with E-state index in [0.717, 1.165) is 12.8 Å². The van der Waals surface area contributed by atoms with Crippen LogP contribution in [0.1, 0.15) is 26.7 Å². The second-order valence-electron chi connectivity index (χ2n) is 6.89. The van der Waals surface area contributed by atoms with Crippen LogP contribution in [0.3, 0.4) is 0 Å². The Morgan fingerprint density at radius 2 is 2.23 bits per heavy atom. The SMILES string of the molecule is CC(C)(CNc1ccc(S(N)(=O)=O)cn1)NCC(=O)N1CCC[C@H]1C#N. The fourth-order valence-corrected chi connectivity index (χ4v) is 3.10. The number of rotatable bonds is 7. The van der Waals surface area contributed by atoms with Gasteiger partial charge in [0.2, 0.25) is 15.9 Å². The number of anilines is 1. The molecule has 0 unspecified atom stereocenters. The first-order valence-corrected chi connectivity index (χ1v) is 9.84. The third-order valence-electron chi connectivity index (χ3n) is 4.22. The van der Waals surface area contributed by atoms with E-state index < -0.39 is 15.6 Å². The van der Waals surface area contributed by atoms with Gasteiger partial charge in [-0.1, -0.05) is 0 Å². The van der Waals surface area contributed by atoms with Gasteiger partial charge in [0, 0.05) is 24.8 Å². The van der Waals surface area contributed by atoms with Crippen molar-refractivity contribution in [1.82, 2.24) is 15.2 Å². The Bertz CT molecular complexity index is 785. The molecule has 1 aromatic heterocycles. The number of hydrogen-bond acceptors (Lipinski definition) is 7. The molecular formula is C16H24N6O3S. The smallest absolute Gasteiger partial charge is 0.239 e. The van der Waals surface area contributed by atoms with E-state index >= 15 is 0 Å². The Balaban J connectivity index is 1.85. The van der Waals surface area contributed by atoms with E-state index in [4.69, 9.17) is 10.4 Å². The van der Waals surface area contributed by atoms with E-state index in [2.05, 4.69) is 21.7 Å². The first-order chi connectivity index (χ1) is 12.1. The molecule has 1 amide bonds. The summed E-state index contributed by atoms with van der Waals surface area (Å²) in [5.74, 6) is 0.417. The monoisotopic (exact) mass is 380 g/mol. The van der Waals surface area contributed by atoms with Gasteiger partial charge in [-0.2, -0.15) is 5.26 Å². The van der Waals surface area contributed by atoms with E-state index in [0.29, 0.717) is 18.9 Å². The standard InChI is InChI=1S/C16H24N6O3S/c1-16(2,21-10-15(23)22-7-3-4-12(22)8-17)11-20-14-6-5-13(9-19-14)26(18,24)25/h5-6,9,12,21H,3-4,7,10-11H2,1-2H3,(H,19,20)(H2,18,24,25)/t12-/m0/s1. The maximum Gasteiger partial charge on any atom is 0.239 e. The summed E-state index contributed by atoms with van der Waals surface area (Å²) in [6.07, 6.45) is 2.78. The summed E-state index contributed by atoms with van der Waals surface area (Å²) in [5.41, 5.74) is -0.419. The number of amides is 1. The van der Waals surface area contributed by atoms with Crippen LogP contribution in [0.25, 0.3) is 0 Å². The average Bonchev–Trinajstić information content (AvgIpc) is 3.06. The minimum Gasteiger partial charge on any atom is -0.368 e. The highest BCUT2D eigenvalue weighted by Gasteiger charge is 2.29. The number of carbonyl (C=O) groups is 1. The van der Waals surface area contributed by atoms with Crippen LogP contribution >= 0.6 is 0 Å². The number of pyridine rings is 1. The number of nitrogens with two attached hydrogens (primary N) is 1. The lowest BCUT2D eigenvalue weighted by molar-refractivity contribution is -0.130. The number of aromatic nitrogens is 1. The van der Waals surface area contributed by atoms with Crippen molar-refractivity contribution < 1.29 is 13.2 Å². The molecule has 0 radical (unpaired) electrons. The Morgan fingerprint density at radius 1 is 1.50 bits per heavy atom. The van der Waals surface area contributed by atoms with Crippen LogP contribution in [-0.4, -0.2) is 55.4 Å². The number of nitrogens with one attached hydrogen (secondary N) is 2. The molecule has 0 aliphatic carbocycles. The molecule has 1 fully saturated rings. The second-order valence-corrected chi connectivity index (χ2v) is 8.45. The van der Waals surface area contributed by atoms with Crippen LogP contribution in [0.15, 0.2) is 23.2 Å². The van der Waals surface area contributed by atoms with E-state index in [1.165, 1.54) is 18.3 Å². The highest BCUT2D eigenvalue weighted by Crippen LogP contribution is 2.16. The molecule has 9 nitrogen and oxygen atoms in total. The molecule has 0 saturated carbocycles. The lowest BCUT2D eigenvalue weighted by Crippen LogP contribution is -2.50. The zero-order valence-electron chi connectivity index (χ0n) is 14.9. The van der Waals surface area contributed by atoms with Gasteiger partial charge < -0.3 is 15.5 Å². The summed E-state index contributed by atoms with van der Waals surface area (Å²) < 4.78 is 22.4. The third-order valence-corrected chi connectivity index (χ3v) is 5.12. The predicted octanol–water partition coefficient (Wildman–Crippen LogP) is 0.0237. The topological polar surface area (TPSA) is 141 Å².